The second kappa shape index (κ2) is 6.97. The Balaban J connectivity index is 1.71. The number of carbonyl (C=O) groups excluding carboxylic acids is 2. The van der Waals surface area contributed by atoms with E-state index in [4.69, 9.17) is 4.74 Å². The summed E-state index contributed by atoms with van der Waals surface area (Å²) in [5, 5.41) is 0. The van der Waals surface area contributed by atoms with Gasteiger partial charge in [-0.15, -0.1) is 0 Å². The second-order valence-corrected chi connectivity index (χ2v) is 6.37. The van der Waals surface area contributed by atoms with Crippen molar-refractivity contribution in [3.8, 4) is 5.75 Å². The fourth-order valence-electron chi connectivity index (χ4n) is 2.92. The molecule has 25 heavy (non-hydrogen) atoms. The summed E-state index contributed by atoms with van der Waals surface area (Å²) < 4.78 is 5.61. The van der Waals surface area contributed by atoms with E-state index in [1.807, 2.05) is 48.5 Å². The van der Waals surface area contributed by atoms with Gasteiger partial charge in [0.1, 0.15) is 5.75 Å². The second-order valence-electron chi connectivity index (χ2n) is 6.37. The number of hydrogen-bond acceptors (Lipinski definition) is 3. The zero-order chi connectivity index (χ0) is 18.0. The third-order valence-electron chi connectivity index (χ3n) is 4.41. The van der Waals surface area contributed by atoms with Gasteiger partial charge in [0.05, 0.1) is 12.1 Å². The van der Waals surface area contributed by atoms with Crippen LogP contribution in [0.5, 0.6) is 5.75 Å². The van der Waals surface area contributed by atoms with Crippen LogP contribution in [0.2, 0.25) is 0 Å². The number of carbonyl (C=O) groups is 2. The number of benzene rings is 2. The molecule has 0 saturated carbocycles. The number of nitrogens with zero attached hydrogens (tertiary/aromatic N) is 2. The molecule has 1 heterocycles. The Morgan fingerprint density at radius 1 is 1.16 bits per heavy atom. The number of likely N-dealkylation sites (N-methyl/N-ethyl adjacent to an activating group) is 2. The lowest BCUT2D eigenvalue weighted by molar-refractivity contribution is -0.129. The van der Waals surface area contributed by atoms with E-state index in [-0.39, 0.29) is 18.2 Å². The Morgan fingerprint density at radius 3 is 2.60 bits per heavy atom. The van der Waals surface area contributed by atoms with Gasteiger partial charge >= 0.3 is 0 Å². The molecule has 0 spiro atoms. The molecule has 0 saturated heterocycles. The number of anilines is 1. The first kappa shape index (κ1) is 17.0. The van der Waals surface area contributed by atoms with Crippen LogP contribution in [0, 0.1) is 0 Å². The van der Waals surface area contributed by atoms with Crippen LogP contribution in [0.15, 0.2) is 48.5 Å². The van der Waals surface area contributed by atoms with Crippen molar-refractivity contribution in [2.45, 2.75) is 26.0 Å². The molecule has 2 amide bonds. The molecule has 1 aliphatic rings. The molecule has 2 aromatic rings. The summed E-state index contributed by atoms with van der Waals surface area (Å²) in [5.74, 6) is 0.614. The van der Waals surface area contributed by atoms with E-state index in [1.54, 1.807) is 30.8 Å². The highest BCUT2D eigenvalue weighted by atomic mass is 16.5. The lowest BCUT2D eigenvalue weighted by atomic mass is 10.1. The number of hydrogen-bond donors (Lipinski definition) is 0. The first-order chi connectivity index (χ1) is 12.0. The van der Waals surface area contributed by atoms with E-state index < -0.39 is 6.10 Å². The lowest BCUT2D eigenvalue weighted by Crippen LogP contribution is -2.42. The average Bonchev–Trinajstić information content (AvgIpc) is 2.61. The number of amides is 2. The van der Waals surface area contributed by atoms with Crippen molar-refractivity contribution >= 4 is 17.5 Å². The highest BCUT2D eigenvalue weighted by Crippen LogP contribution is 2.34. The molecule has 3 rings (SSSR count). The molecule has 0 aromatic heterocycles. The first-order valence-corrected chi connectivity index (χ1v) is 8.30. The summed E-state index contributed by atoms with van der Waals surface area (Å²) in [5.41, 5.74) is 2.66. The Bertz CT molecular complexity index is 789. The fraction of sp³-hybridized carbons (Fsp3) is 0.300. The van der Waals surface area contributed by atoms with Crippen LogP contribution >= 0.6 is 0 Å². The first-order valence-electron chi connectivity index (χ1n) is 8.30. The molecule has 1 atom stereocenters. The van der Waals surface area contributed by atoms with Crippen molar-refractivity contribution in [3.05, 3.63) is 59.7 Å². The maximum Gasteiger partial charge on any atom is 0.267 e. The SMILES string of the molecule is CC1Oc2ccc(CC(=O)N(C)Cc3ccccc3)cc2N(C)C1=O. The summed E-state index contributed by atoms with van der Waals surface area (Å²) in [6.07, 6.45) is -0.198. The molecule has 0 bridgehead atoms. The van der Waals surface area contributed by atoms with Crippen molar-refractivity contribution in [1.82, 2.24) is 4.90 Å². The van der Waals surface area contributed by atoms with Gasteiger partial charge < -0.3 is 14.5 Å². The van der Waals surface area contributed by atoms with Crippen LogP contribution in [0.3, 0.4) is 0 Å². The van der Waals surface area contributed by atoms with Crippen LogP contribution in [0.25, 0.3) is 0 Å². The average molecular weight is 338 g/mol. The molecular weight excluding hydrogens is 316 g/mol. The smallest absolute Gasteiger partial charge is 0.267 e. The molecule has 0 fully saturated rings. The molecule has 5 nitrogen and oxygen atoms in total. The maximum atomic E-state index is 12.5. The standard InChI is InChI=1S/C20H22N2O3/c1-14-20(24)22(3)17-11-16(9-10-18(17)25-14)12-19(23)21(2)13-15-7-5-4-6-8-15/h4-11,14H,12-13H2,1-3H3. The monoisotopic (exact) mass is 338 g/mol. The molecule has 0 aliphatic carbocycles. The highest BCUT2D eigenvalue weighted by Gasteiger charge is 2.29. The van der Waals surface area contributed by atoms with Gasteiger partial charge in [0, 0.05) is 20.6 Å². The third kappa shape index (κ3) is 3.65. The van der Waals surface area contributed by atoms with Gasteiger partial charge in [-0.05, 0) is 30.2 Å². The minimum absolute atomic E-state index is 0.0304. The van der Waals surface area contributed by atoms with E-state index in [2.05, 4.69) is 0 Å². The topological polar surface area (TPSA) is 49.9 Å². The maximum absolute atomic E-state index is 12.5. The van der Waals surface area contributed by atoms with Gasteiger partial charge in [-0.1, -0.05) is 36.4 Å². The highest BCUT2D eigenvalue weighted by molar-refractivity contribution is 5.99. The van der Waals surface area contributed by atoms with Crippen molar-refractivity contribution in [3.63, 3.8) is 0 Å². The van der Waals surface area contributed by atoms with Gasteiger partial charge in [-0.3, -0.25) is 9.59 Å². The van der Waals surface area contributed by atoms with Gasteiger partial charge in [0.2, 0.25) is 5.91 Å². The largest absolute Gasteiger partial charge is 0.479 e. The van der Waals surface area contributed by atoms with Crippen LogP contribution < -0.4 is 9.64 Å². The number of ether oxygens (including phenoxy) is 1. The molecule has 1 unspecified atom stereocenters. The van der Waals surface area contributed by atoms with E-state index in [1.165, 1.54) is 0 Å². The summed E-state index contributed by atoms with van der Waals surface area (Å²) in [4.78, 5) is 27.9. The number of rotatable bonds is 4. The molecule has 1 aliphatic heterocycles. The Morgan fingerprint density at radius 2 is 1.88 bits per heavy atom. The van der Waals surface area contributed by atoms with Crippen LogP contribution in [0.4, 0.5) is 5.69 Å². The minimum atomic E-state index is -0.484. The van der Waals surface area contributed by atoms with Crippen LogP contribution in [-0.4, -0.2) is 36.9 Å². The van der Waals surface area contributed by atoms with E-state index in [0.29, 0.717) is 18.0 Å². The van der Waals surface area contributed by atoms with Gasteiger partial charge in [0.25, 0.3) is 5.91 Å². The zero-order valence-corrected chi connectivity index (χ0v) is 14.7. The molecule has 0 N–H and O–H groups in total. The Kier molecular flexibility index (Phi) is 4.74. The van der Waals surface area contributed by atoms with Gasteiger partial charge in [0.15, 0.2) is 6.10 Å². The lowest BCUT2D eigenvalue weighted by Gasteiger charge is -2.30. The van der Waals surface area contributed by atoms with Gasteiger partial charge in [-0.2, -0.15) is 0 Å². The summed E-state index contributed by atoms with van der Waals surface area (Å²) >= 11 is 0. The van der Waals surface area contributed by atoms with Crippen LogP contribution in [-0.2, 0) is 22.6 Å². The van der Waals surface area contributed by atoms with E-state index in [0.717, 1.165) is 11.1 Å². The van der Waals surface area contributed by atoms with E-state index >= 15 is 0 Å². The van der Waals surface area contributed by atoms with Crippen molar-refractivity contribution in [1.29, 1.82) is 0 Å². The van der Waals surface area contributed by atoms with Crippen molar-refractivity contribution in [2.24, 2.45) is 0 Å². The number of fused-ring (bicyclic) bond motifs is 1. The molecule has 2 aromatic carbocycles. The van der Waals surface area contributed by atoms with E-state index in [9.17, 15) is 9.59 Å². The molecule has 5 heteroatoms. The third-order valence-corrected chi connectivity index (χ3v) is 4.41. The summed E-state index contributed by atoms with van der Waals surface area (Å²) in [7, 11) is 3.53. The fourth-order valence-corrected chi connectivity index (χ4v) is 2.92. The van der Waals surface area contributed by atoms with Crippen molar-refractivity contribution in [2.75, 3.05) is 19.0 Å². The minimum Gasteiger partial charge on any atom is -0.479 e. The normalized spacial score (nSPS) is 16.2. The predicted octanol–water partition coefficient (Wildman–Crippen LogP) is 2.63. The van der Waals surface area contributed by atoms with Crippen molar-refractivity contribution < 1.29 is 14.3 Å². The van der Waals surface area contributed by atoms with Gasteiger partial charge in [-0.25, -0.2) is 0 Å². The molecule has 0 radical (unpaired) electrons. The molecule has 130 valence electrons. The van der Waals surface area contributed by atoms with Crippen LogP contribution in [0.1, 0.15) is 18.1 Å². The quantitative estimate of drug-likeness (QED) is 0.861. The Hall–Kier alpha value is -2.82. The Labute approximate surface area is 147 Å². The predicted molar refractivity (Wildman–Crippen MR) is 96.6 cm³/mol. The zero-order valence-electron chi connectivity index (χ0n) is 14.7. The summed E-state index contributed by atoms with van der Waals surface area (Å²) in [6.45, 7) is 2.31. The molecular formula is C20H22N2O3. The summed E-state index contributed by atoms with van der Waals surface area (Å²) in [6, 6.07) is 15.4.